The zero-order valence-electron chi connectivity index (χ0n) is 14.8. The van der Waals surface area contributed by atoms with Crippen molar-refractivity contribution in [3.63, 3.8) is 0 Å². The van der Waals surface area contributed by atoms with Crippen LogP contribution in [0.4, 0.5) is 5.69 Å². The Hall–Kier alpha value is -2.91. The van der Waals surface area contributed by atoms with Gasteiger partial charge in [0.25, 0.3) is 5.91 Å². The number of carboxylic acid groups (broad SMARTS) is 1. The number of phenols is 1. The Kier molecular flexibility index (Phi) is 6.19. The van der Waals surface area contributed by atoms with Crippen LogP contribution >= 0.6 is 0 Å². The van der Waals surface area contributed by atoms with Gasteiger partial charge in [-0.2, -0.15) is 4.31 Å². The van der Waals surface area contributed by atoms with Crippen LogP contribution in [-0.2, 0) is 10.0 Å². The van der Waals surface area contributed by atoms with E-state index in [1.165, 1.54) is 46.8 Å². The number of sulfonamides is 1. The molecule has 0 fully saturated rings. The van der Waals surface area contributed by atoms with Crippen molar-refractivity contribution in [3.05, 3.63) is 53.6 Å². The molecule has 2 aromatic carbocycles. The first kappa shape index (κ1) is 20.4. The maximum atomic E-state index is 12.6. The van der Waals surface area contributed by atoms with Crippen LogP contribution in [0.25, 0.3) is 0 Å². The van der Waals surface area contributed by atoms with Gasteiger partial charge in [0, 0.05) is 18.7 Å². The first-order chi connectivity index (χ1) is 12.7. The van der Waals surface area contributed by atoms with E-state index in [4.69, 9.17) is 0 Å². The second-order valence-corrected chi connectivity index (χ2v) is 7.51. The molecule has 0 unspecified atom stereocenters. The van der Waals surface area contributed by atoms with Gasteiger partial charge in [-0.05, 0) is 30.3 Å². The van der Waals surface area contributed by atoms with Gasteiger partial charge >= 0.3 is 5.97 Å². The number of carbonyl (C=O) groups is 2. The summed E-state index contributed by atoms with van der Waals surface area (Å²) in [5.74, 6) is -2.58. The number of nitrogens with one attached hydrogen (secondary N) is 1. The number of carbonyl (C=O) groups excluding carboxylic acids is 1. The van der Waals surface area contributed by atoms with E-state index in [2.05, 4.69) is 5.32 Å². The molecule has 0 heterocycles. The number of amides is 1. The first-order valence-corrected chi connectivity index (χ1v) is 9.63. The largest absolute Gasteiger partial charge is 0.507 e. The van der Waals surface area contributed by atoms with E-state index in [0.717, 1.165) is 0 Å². The summed E-state index contributed by atoms with van der Waals surface area (Å²) in [4.78, 5) is 23.8. The molecule has 0 saturated carbocycles. The second-order valence-electron chi connectivity index (χ2n) is 5.58. The van der Waals surface area contributed by atoms with Crippen molar-refractivity contribution < 1.29 is 28.2 Å². The normalized spacial score (nSPS) is 11.4. The van der Waals surface area contributed by atoms with Crippen molar-refractivity contribution in [2.75, 3.05) is 18.4 Å². The summed E-state index contributed by atoms with van der Waals surface area (Å²) in [5.41, 5.74) is -0.495. The number of anilines is 1. The number of carboxylic acids is 1. The lowest BCUT2D eigenvalue weighted by Gasteiger charge is -2.18. The molecule has 0 bridgehead atoms. The number of benzene rings is 2. The molecule has 0 atom stereocenters. The van der Waals surface area contributed by atoms with Crippen LogP contribution in [0, 0.1) is 0 Å². The van der Waals surface area contributed by atoms with Crippen LogP contribution in [0.15, 0.2) is 47.4 Å². The van der Waals surface area contributed by atoms with E-state index >= 15 is 0 Å². The monoisotopic (exact) mass is 392 g/mol. The summed E-state index contributed by atoms with van der Waals surface area (Å²) in [5, 5.41) is 21.3. The Bertz CT molecular complexity index is 968. The SMILES string of the molecule is CCN(CC)S(=O)(=O)c1cccc(C(=O)Nc2cccc(O)c2C(=O)O)c1. The van der Waals surface area contributed by atoms with Crippen LogP contribution in [0.1, 0.15) is 34.6 Å². The highest BCUT2D eigenvalue weighted by molar-refractivity contribution is 7.89. The van der Waals surface area contributed by atoms with Gasteiger partial charge in [0.2, 0.25) is 10.0 Å². The smallest absolute Gasteiger partial charge is 0.341 e. The molecule has 2 rings (SSSR count). The number of hydrogen-bond acceptors (Lipinski definition) is 5. The fourth-order valence-corrected chi connectivity index (χ4v) is 4.08. The lowest BCUT2D eigenvalue weighted by Crippen LogP contribution is -2.30. The lowest BCUT2D eigenvalue weighted by atomic mass is 10.1. The van der Waals surface area contributed by atoms with Gasteiger partial charge in [-0.15, -0.1) is 0 Å². The summed E-state index contributed by atoms with van der Waals surface area (Å²) in [6.45, 7) is 4.01. The van der Waals surface area contributed by atoms with Crippen LogP contribution in [0.2, 0.25) is 0 Å². The van der Waals surface area contributed by atoms with E-state index in [1.807, 2.05) is 0 Å². The molecule has 0 saturated heterocycles. The minimum Gasteiger partial charge on any atom is -0.507 e. The minimum atomic E-state index is -3.74. The molecule has 1 amide bonds. The fourth-order valence-electron chi connectivity index (χ4n) is 2.57. The van der Waals surface area contributed by atoms with Crippen molar-refractivity contribution in [2.45, 2.75) is 18.7 Å². The van der Waals surface area contributed by atoms with Crippen LogP contribution in [0.3, 0.4) is 0 Å². The van der Waals surface area contributed by atoms with Crippen LogP contribution in [0.5, 0.6) is 5.75 Å². The minimum absolute atomic E-state index is 0.0341. The highest BCUT2D eigenvalue weighted by Crippen LogP contribution is 2.26. The number of aromatic hydroxyl groups is 1. The number of hydrogen-bond donors (Lipinski definition) is 3. The molecule has 0 radical (unpaired) electrons. The van der Waals surface area contributed by atoms with Crippen LogP contribution in [-0.4, -0.2) is 47.9 Å². The van der Waals surface area contributed by atoms with Crippen molar-refractivity contribution in [1.82, 2.24) is 4.31 Å². The number of aromatic carboxylic acids is 1. The van der Waals surface area contributed by atoms with Gasteiger partial charge in [0.15, 0.2) is 0 Å². The maximum absolute atomic E-state index is 12.6. The molecule has 0 spiro atoms. The Balaban J connectivity index is 2.37. The standard InChI is InChI=1S/C18H20N2O6S/c1-3-20(4-2)27(25,26)13-8-5-7-12(11-13)17(22)19-14-9-6-10-15(21)16(14)18(23)24/h5-11,21H,3-4H2,1-2H3,(H,19,22)(H,23,24). The molecular weight excluding hydrogens is 372 g/mol. The summed E-state index contributed by atoms with van der Waals surface area (Å²) >= 11 is 0. The highest BCUT2D eigenvalue weighted by Gasteiger charge is 2.23. The quantitative estimate of drug-likeness (QED) is 0.664. The summed E-state index contributed by atoms with van der Waals surface area (Å²) in [7, 11) is -3.74. The van der Waals surface area contributed by atoms with E-state index in [-0.39, 0.29) is 16.1 Å². The molecular formula is C18H20N2O6S. The average molecular weight is 392 g/mol. The summed E-state index contributed by atoms with van der Waals surface area (Å²) in [6, 6.07) is 9.38. The number of nitrogens with zero attached hydrogens (tertiary/aromatic N) is 1. The molecule has 27 heavy (non-hydrogen) atoms. The van der Waals surface area contributed by atoms with Crippen LogP contribution < -0.4 is 5.32 Å². The predicted molar refractivity (Wildman–Crippen MR) is 99.6 cm³/mol. The first-order valence-electron chi connectivity index (χ1n) is 8.19. The predicted octanol–water partition coefficient (Wildman–Crippen LogP) is 2.37. The van der Waals surface area contributed by atoms with E-state index < -0.39 is 33.2 Å². The van der Waals surface area contributed by atoms with E-state index in [1.54, 1.807) is 13.8 Å². The van der Waals surface area contributed by atoms with E-state index in [0.29, 0.717) is 13.1 Å². The van der Waals surface area contributed by atoms with Crippen molar-refractivity contribution >= 4 is 27.6 Å². The summed E-state index contributed by atoms with van der Waals surface area (Å²) in [6.07, 6.45) is 0. The van der Waals surface area contributed by atoms with Gasteiger partial charge < -0.3 is 15.5 Å². The second kappa shape index (κ2) is 8.19. The van der Waals surface area contributed by atoms with Gasteiger partial charge in [0.05, 0.1) is 10.6 Å². The molecule has 0 aliphatic heterocycles. The number of rotatable bonds is 7. The topological polar surface area (TPSA) is 124 Å². The van der Waals surface area contributed by atoms with Crippen molar-refractivity contribution in [2.24, 2.45) is 0 Å². The molecule has 8 nitrogen and oxygen atoms in total. The van der Waals surface area contributed by atoms with Gasteiger partial charge in [-0.25, -0.2) is 13.2 Å². The fraction of sp³-hybridized carbons (Fsp3) is 0.222. The Morgan fingerprint density at radius 3 is 2.30 bits per heavy atom. The maximum Gasteiger partial charge on any atom is 0.341 e. The van der Waals surface area contributed by atoms with Gasteiger partial charge in [0.1, 0.15) is 11.3 Å². The molecule has 3 N–H and O–H groups in total. The Morgan fingerprint density at radius 2 is 1.70 bits per heavy atom. The molecule has 144 valence electrons. The highest BCUT2D eigenvalue weighted by atomic mass is 32.2. The zero-order chi connectivity index (χ0) is 20.2. The third-order valence-corrected chi connectivity index (χ3v) is 5.99. The Morgan fingerprint density at radius 1 is 1.07 bits per heavy atom. The third-order valence-electron chi connectivity index (χ3n) is 3.94. The Labute approximate surface area is 157 Å². The van der Waals surface area contributed by atoms with Crippen molar-refractivity contribution in [1.29, 1.82) is 0 Å². The van der Waals surface area contributed by atoms with Crippen molar-refractivity contribution in [3.8, 4) is 5.75 Å². The molecule has 0 aromatic heterocycles. The third kappa shape index (κ3) is 4.26. The lowest BCUT2D eigenvalue weighted by molar-refractivity contribution is 0.0695. The van der Waals surface area contributed by atoms with E-state index in [9.17, 15) is 28.2 Å². The summed E-state index contributed by atoms with van der Waals surface area (Å²) < 4.78 is 26.5. The molecule has 9 heteroatoms. The van der Waals surface area contributed by atoms with Gasteiger partial charge in [-0.1, -0.05) is 26.0 Å². The zero-order valence-corrected chi connectivity index (χ0v) is 15.7. The molecule has 2 aromatic rings. The van der Waals surface area contributed by atoms with Gasteiger partial charge in [-0.3, -0.25) is 4.79 Å². The molecule has 0 aliphatic rings. The molecule has 0 aliphatic carbocycles. The average Bonchev–Trinajstić information content (AvgIpc) is 2.62.